The third kappa shape index (κ3) is 3.88. The summed E-state index contributed by atoms with van der Waals surface area (Å²) in [6.45, 7) is 6.07. The van der Waals surface area contributed by atoms with Crippen molar-refractivity contribution in [3.63, 3.8) is 0 Å². The molecule has 0 atom stereocenters. The van der Waals surface area contributed by atoms with Crippen molar-refractivity contribution < 1.29 is 9.53 Å². The van der Waals surface area contributed by atoms with E-state index in [9.17, 15) is 4.79 Å². The Morgan fingerprint density at radius 3 is 2.88 bits per heavy atom. The second kappa shape index (κ2) is 7.45. The summed E-state index contributed by atoms with van der Waals surface area (Å²) in [4.78, 5) is 14.4. The van der Waals surface area contributed by atoms with E-state index in [1.807, 2.05) is 29.8 Å². The molecule has 1 N–H and O–H groups in total. The van der Waals surface area contributed by atoms with Crippen molar-refractivity contribution in [2.45, 2.75) is 32.4 Å². The number of carbonyl (C=O) groups excluding carboxylic acids is 1. The molecule has 1 amide bonds. The Balaban J connectivity index is 1.29. The highest BCUT2D eigenvalue weighted by molar-refractivity contribution is 5.91. The highest BCUT2D eigenvalue weighted by Gasteiger charge is 2.30. The quantitative estimate of drug-likeness (QED) is 0.783. The number of aromatic nitrogens is 3. The van der Waals surface area contributed by atoms with Crippen LogP contribution in [0.25, 0.3) is 0 Å². The molecule has 1 aromatic carbocycles. The Kier molecular flexibility index (Phi) is 4.88. The van der Waals surface area contributed by atoms with Gasteiger partial charge in [0.05, 0.1) is 18.8 Å². The van der Waals surface area contributed by atoms with Crippen molar-refractivity contribution in [1.29, 1.82) is 0 Å². The molecule has 1 aromatic heterocycles. The molecule has 2 aliphatic rings. The number of nitrogens with zero attached hydrogens (tertiary/aromatic N) is 4. The van der Waals surface area contributed by atoms with E-state index in [1.165, 1.54) is 18.4 Å². The van der Waals surface area contributed by atoms with E-state index in [2.05, 4.69) is 26.6 Å². The summed E-state index contributed by atoms with van der Waals surface area (Å²) in [7, 11) is 0. The molecule has 7 heteroatoms. The number of rotatable bonds is 8. The monoisotopic (exact) mass is 355 g/mol. The van der Waals surface area contributed by atoms with E-state index in [1.54, 1.807) is 6.20 Å². The van der Waals surface area contributed by atoms with Crippen molar-refractivity contribution in [1.82, 2.24) is 25.2 Å². The molecular weight excluding hydrogens is 330 g/mol. The molecule has 7 nitrogen and oxygen atoms in total. The molecule has 0 unspecified atom stereocenters. The van der Waals surface area contributed by atoms with Gasteiger partial charge >= 0.3 is 0 Å². The van der Waals surface area contributed by atoms with Crippen LogP contribution in [0.15, 0.2) is 30.5 Å². The van der Waals surface area contributed by atoms with E-state index in [0.717, 1.165) is 31.9 Å². The van der Waals surface area contributed by atoms with Gasteiger partial charge in [0, 0.05) is 31.7 Å². The van der Waals surface area contributed by atoms with E-state index in [4.69, 9.17) is 4.74 Å². The summed E-state index contributed by atoms with van der Waals surface area (Å²) in [5.41, 5.74) is 1.61. The molecule has 138 valence electrons. The summed E-state index contributed by atoms with van der Waals surface area (Å²) in [5.74, 6) is 1.49. The Morgan fingerprint density at radius 2 is 2.12 bits per heavy atom. The smallest absolute Gasteiger partial charge is 0.273 e. The number of hydrogen-bond donors (Lipinski definition) is 1. The zero-order valence-electron chi connectivity index (χ0n) is 15.1. The van der Waals surface area contributed by atoms with Gasteiger partial charge in [0.25, 0.3) is 5.91 Å². The predicted molar refractivity (Wildman–Crippen MR) is 97.0 cm³/mol. The summed E-state index contributed by atoms with van der Waals surface area (Å²) in [5, 5.41) is 11.1. The normalized spacial score (nSPS) is 17.7. The van der Waals surface area contributed by atoms with Gasteiger partial charge in [0.1, 0.15) is 5.75 Å². The first-order chi connectivity index (χ1) is 12.7. The maximum absolute atomic E-state index is 12.1. The zero-order chi connectivity index (χ0) is 17.9. The van der Waals surface area contributed by atoms with Crippen LogP contribution in [0.4, 0.5) is 0 Å². The lowest BCUT2D eigenvalue weighted by atomic mass is 10.1. The van der Waals surface area contributed by atoms with Crippen molar-refractivity contribution in [3.05, 3.63) is 41.7 Å². The van der Waals surface area contributed by atoms with Crippen LogP contribution in [0, 0.1) is 5.92 Å². The number of nitrogens with one attached hydrogen (secondary N) is 1. The van der Waals surface area contributed by atoms with Crippen molar-refractivity contribution in [2.75, 3.05) is 26.2 Å². The Hall–Kier alpha value is -2.41. The minimum Gasteiger partial charge on any atom is -0.494 e. The molecule has 1 saturated heterocycles. The molecular formula is C19H25N5O2. The summed E-state index contributed by atoms with van der Waals surface area (Å²) < 4.78 is 7.51. The molecule has 4 rings (SSSR count). The lowest BCUT2D eigenvalue weighted by Crippen LogP contribution is -2.47. The van der Waals surface area contributed by atoms with Gasteiger partial charge in [-0.2, -0.15) is 0 Å². The first-order valence-corrected chi connectivity index (χ1v) is 9.36. The lowest BCUT2D eigenvalue weighted by molar-refractivity contribution is 0.0884. The third-order valence-corrected chi connectivity index (χ3v) is 4.97. The number of likely N-dealkylation sites (tertiary alicyclic amines) is 1. The van der Waals surface area contributed by atoms with Gasteiger partial charge < -0.3 is 10.1 Å². The molecule has 1 aliphatic carbocycles. The van der Waals surface area contributed by atoms with Gasteiger partial charge in [-0.3, -0.25) is 9.69 Å². The average Bonchev–Trinajstić information content (AvgIpc) is 3.32. The number of benzene rings is 1. The molecule has 0 bridgehead atoms. The Labute approximate surface area is 153 Å². The molecule has 2 fully saturated rings. The Morgan fingerprint density at radius 1 is 1.31 bits per heavy atom. The highest BCUT2D eigenvalue weighted by Crippen LogP contribution is 2.28. The number of amides is 1. The van der Waals surface area contributed by atoms with Gasteiger partial charge in [0.15, 0.2) is 5.69 Å². The maximum atomic E-state index is 12.1. The van der Waals surface area contributed by atoms with Gasteiger partial charge in [-0.15, -0.1) is 5.10 Å². The van der Waals surface area contributed by atoms with Crippen molar-refractivity contribution in [3.8, 4) is 5.75 Å². The SMILES string of the molecule is CCOc1ccccc1CN1CC(n2cc(C(=O)NCC3CC3)nn2)C1. The van der Waals surface area contributed by atoms with E-state index >= 15 is 0 Å². The number of hydrogen-bond acceptors (Lipinski definition) is 5. The fourth-order valence-electron chi connectivity index (χ4n) is 3.22. The van der Waals surface area contributed by atoms with Gasteiger partial charge in [-0.1, -0.05) is 23.4 Å². The molecule has 0 radical (unpaired) electrons. The zero-order valence-corrected chi connectivity index (χ0v) is 15.1. The second-order valence-corrected chi connectivity index (χ2v) is 7.13. The standard InChI is InChI=1S/C19H25N5O2/c1-2-26-18-6-4-3-5-15(18)10-23-11-16(12-23)24-13-17(21-22-24)19(25)20-9-14-7-8-14/h3-6,13-14,16H,2,7-12H2,1H3,(H,20,25). The van der Waals surface area contributed by atoms with E-state index in [0.29, 0.717) is 18.2 Å². The molecule has 0 spiro atoms. The van der Waals surface area contributed by atoms with Crippen LogP contribution < -0.4 is 10.1 Å². The van der Waals surface area contributed by atoms with Crippen molar-refractivity contribution in [2.24, 2.45) is 5.92 Å². The number of ether oxygens (including phenoxy) is 1. The minimum absolute atomic E-state index is 0.120. The second-order valence-electron chi connectivity index (χ2n) is 7.13. The minimum atomic E-state index is -0.120. The van der Waals surface area contributed by atoms with Crippen LogP contribution in [0.3, 0.4) is 0 Å². The van der Waals surface area contributed by atoms with Crippen LogP contribution in [0.1, 0.15) is 41.9 Å². The Bertz CT molecular complexity index is 765. The van der Waals surface area contributed by atoms with Gasteiger partial charge in [-0.25, -0.2) is 4.68 Å². The van der Waals surface area contributed by atoms with Crippen LogP contribution in [-0.4, -0.2) is 52.0 Å². The average molecular weight is 355 g/mol. The molecule has 26 heavy (non-hydrogen) atoms. The lowest BCUT2D eigenvalue weighted by Gasteiger charge is -2.39. The first-order valence-electron chi connectivity index (χ1n) is 9.36. The van der Waals surface area contributed by atoms with E-state index < -0.39 is 0 Å². The maximum Gasteiger partial charge on any atom is 0.273 e. The van der Waals surface area contributed by atoms with Crippen LogP contribution in [0.2, 0.25) is 0 Å². The molecule has 2 heterocycles. The predicted octanol–water partition coefficient (Wildman–Crippen LogP) is 1.87. The first kappa shape index (κ1) is 17.0. The van der Waals surface area contributed by atoms with Gasteiger partial charge in [-0.05, 0) is 31.7 Å². The number of para-hydroxylation sites is 1. The van der Waals surface area contributed by atoms with Crippen LogP contribution in [-0.2, 0) is 6.54 Å². The summed E-state index contributed by atoms with van der Waals surface area (Å²) in [6.07, 6.45) is 4.20. The summed E-state index contributed by atoms with van der Waals surface area (Å²) >= 11 is 0. The fraction of sp³-hybridized carbons (Fsp3) is 0.526. The van der Waals surface area contributed by atoms with Crippen molar-refractivity contribution >= 4 is 5.91 Å². The topological polar surface area (TPSA) is 72.3 Å². The largest absolute Gasteiger partial charge is 0.494 e. The van der Waals surface area contributed by atoms with Crippen LogP contribution in [0.5, 0.6) is 5.75 Å². The third-order valence-electron chi connectivity index (χ3n) is 4.97. The van der Waals surface area contributed by atoms with Crippen LogP contribution >= 0.6 is 0 Å². The fourth-order valence-corrected chi connectivity index (χ4v) is 3.22. The number of carbonyl (C=O) groups is 1. The van der Waals surface area contributed by atoms with Gasteiger partial charge in [0.2, 0.25) is 0 Å². The van der Waals surface area contributed by atoms with E-state index in [-0.39, 0.29) is 11.9 Å². The molecule has 1 saturated carbocycles. The molecule has 1 aliphatic heterocycles. The molecule has 2 aromatic rings. The highest BCUT2D eigenvalue weighted by atomic mass is 16.5. The summed E-state index contributed by atoms with van der Waals surface area (Å²) in [6, 6.07) is 8.43.